The highest BCUT2D eigenvalue weighted by molar-refractivity contribution is 6.01. The molecule has 134 valence electrons. The molecule has 7 heteroatoms. The second-order valence-electron chi connectivity index (χ2n) is 5.84. The third kappa shape index (κ3) is 4.82. The molecule has 1 aromatic heterocycles. The summed E-state index contributed by atoms with van der Waals surface area (Å²) in [7, 11) is 0. The van der Waals surface area contributed by atoms with Crippen molar-refractivity contribution in [3.8, 4) is 11.4 Å². The number of carbonyl (C=O) groups excluding carboxylic acids is 1. The molecule has 7 nitrogen and oxygen atoms in total. The van der Waals surface area contributed by atoms with E-state index in [2.05, 4.69) is 15.3 Å². The van der Waals surface area contributed by atoms with Crippen LogP contribution in [0.25, 0.3) is 17.5 Å². The predicted molar refractivity (Wildman–Crippen MR) is 103 cm³/mol. The molecule has 0 radical (unpaired) electrons. The molecule has 27 heavy (non-hydrogen) atoms. The number of hydrogen-bond acceptors (Lipinski definition) is 5. The van der Waals surface area contributed by atoms with Gasteiger partial charge in [-0.2, -0.15) is 0 Å². The van der Waals surface area contributed by atoms with Crippen LogP contribution in [0.1, 0.15) is 11.1 Å². The zero-order valence-corrected chi connectivity index (χ0v) is 14.5. The molecule has 3 aromatic rings. The van der Waals surface area contributed by atoms with Gasteiger partial charge in [-0.1, -0.05) is 24.3 Å². The van der Waals surface area contributed by atoms with Gasteiger partial charge in [-0.05, 0) is 30.7 Å². The highest BCUT2D eigenvalue weighted by atomic mass is 16.6. The van der Waals surface area contributed by atoms with Crippen LogP contribution in [0.15, 0.2) is 67.0 Å². The molecule has 0 atom stereocenters. The summed E-state index contributed by atoms with van der Waals surface area (Å²) in [4.78, 5) is 30.8. The van der Waals surface area contributed by atoms with Gasteiger partial charge in [0.2, 0.25) is 5.91 Å². The van der Waals surface area contributed by atoms with Crippen molar-refractivity contribution >= 4 is 23.4 Å². The summed E-state index contributed by atoms with van der Waals surface area (Å²) in [6.45, 7) is 1.95. The average Bonchev–Trinajstić information content (AvgIpc) is 2.67. The van der Waals surface area contributed by atoms with Gasteiger partial charge >= 0.3 is 0 Å². The topological polar surface area (TPSA) is 98.0 Å². The molecule has 0 aliphatic carbocycles. The summed E-state index contributed by atoms with van der Waals surface area (Å²) in [6, 6.07) is 13.6. The number of rotatable bonds is 5. The number of nitro groups is 1. The van der Waals surface area contributed by atoms with E-state index in [4.69, 9.17) is 0 Å². The van der Waals surface area contributed by atoms with E-state index < -0.39 is 4.92 Å². The number of amides is 1. The number of anilines is 1. The number of benzene rings is 2. The number of non-ortho nitro benzene ring substituents is 1. The van der Waals surface area contributed by atoms with Crippen molar-refractivity contribution in [1.29, 1.82) is 0 Å². The maximum atomic E-state index is 12.0. The van der Waals surface area contributed by atoms with Gasteiger partial charge in [0.25, 0.3) is 5.69 Å². The quantitative estimate of drug-likeness (QED) is 0.421. The lowest BCUT2D eigenvalue weighted by molar-refractivity contribution is -0.384. The average molecular weight is 360 g/mol. The zero-order valence-electron chi connectivity index (χ0n) is 14.5. The van der Waals surface area contributed by atoms with E-state index in [9.17, 15) is 14.9 Å². The van der Waals surface area contributed by atoms with Crippen LogP contribution >= 0.6 is 0 Å². The highest BCUT2D eigenvalue weighted by Gasteiger charge is 2.08. The third-order valence-electron chi connectivity index (χ3n) is 3.70. The zero-order chi connectivity index (χ0) is 19.2. The minimum absolute atomic E-state index is 0.0205. The Morgan fingerprint density at radius 3 is 2.56 bits per heavy atom. The van der Waals surface area contributed by atoms with Gasteiger partial charge < -0.3 is 5.32 Å². The Kier molecular flexibility index (Phi) is 5.32. The second-order valence-corrected chi connectivity index (χ2v) is 5.84. The van der Waals surface area contributed by atoms with Gasteiger partial charge in [0.05, 0.1) is 4.92 Å². The van der Waals surface area contributed by atoms with E-state index >= 15 is 0 Å². The maximum absolute atomic E-state index is 12.0. The van der Waals surface area contributed by atoms with E-state index in [1.807, 2.05) is 31.2 Å². The molecule has 0 saturated heterocycles. The summed E-state index contributed by atoms with van der Waals surface area (Å²) < 4.78 is 0. The highest BCUT2D eigenvalue weighted by Crippen LogP contribution is 2.20. The first-order chi connectivity index (χ1) is 13.0. The first-order valence-electron chi connectivity index (χ1n) is 8.14. The van der Waals surface area contributed by atoms with Gasteiger partial charge in [0, 0.05) is 47.4 Å². The van der Waals surface area contributed by atoms with E-state index in [1.54, 1.807) is 30.6 Å². The Morgan fingerprint density at radius 1 is 1.11 bits per heavy atom. The number of nitrogens with one attached hydrogen (secondary N) is 1. The molecule has 0 bridgehead atoms. The van der Waals surface area contributed by atoms with Crippen LogP contribution in [-0.4, -0.2) is 20.8 Å². The molecule has 0 aliphatic rings. The SMILES string of the molecule is Cc1cccc(NC(=O)/C=C/c2cnc(-c3cccc([N+](=O)[O-])c3)nc2)c1. The van der Waals surface area contributed by atoms with Crippen LogP contribution in [0.2, 0.25) is 0 Å². The van der Waals surface area contributed by atoms with Crippen molar-refractivity contribution in [3.63, 3.8) is 0 Å². The van der Waals surface area contributed by atoms with Crippen LogP contribution in [0.4, 0.5) is 11.4 Å². The molecule has 1 amide bonds. The summed E-state index contributed by atoms with van der Waals surface area (Å²) in [5, 5.41) is 13.6. The van der Waals surface area contributed by atoms with Crippen molar-refractivity contribution in [2.75, 3.05) is 5.32 Å². The van der Waals surface area contributed by atoms with Gasteiger partial charge in [0.15, 0.2) is 5.82 Å². The molecule has 1 heterocycles. The molecular formula is C20H16N4O3. The lowest BCUT2D eigenvalue weighted by atomic mass is 10.2. The van der Waals surface area contributed by atoms with Crippen LogP contribution < -0.4 is 5.32 Å². The number of aromatic nitrogens is 2. The van der Waals surface area contributed by atoms with Gasteiger partial charge in [-0.15, -0.1) is 0 Å². The third-order valence-corrected chi connectivity index (χ3v) is 3.70. The fourth-order valence-corrected chi connectivity index (χ4v) is 2.41. The first kappa shape index (κ1) is 17.9. The minimum atomic E-state index is -0.465. The van der Waals surface area contributed by atoms with Crippen molar-refractivity contribution in [2.24, 2.45) is 0 Å². The summed E-state index contributed by atoms with van der Waals surface area (Å²) >= 11 is 0. The first-order valence-corrected chi connectivity index (χ1v) is 8.14. The maximum Gasteiger partial charge on any atom is 0.270 e. The molecule has 1 N–H and O–H groups in total. The normalized spacial score (nSPS) is 10.7. The number of hydrogen-bond donors (Lipinski definition) is 1. The van der Waals surface area contributed by atoms with Gasteiger partial charge in [0.1, 0.15) is 0 Å². The van der Waals surface area contributed by atoms with E-state index in [0.29, 0.717) is 17.0 Å². The molecular weight excluding hydrogens is 344 g/mol. The Bertz CT molecular complexity index is 1010. The van der Waals surface area contributed by atoms with Gasteiger partial charge in [-0.3, -0.25) is 14.9 Å². The fourth-order valence-electron chi connectivity index (χ4n) is 2.41. The van der Waals surface area contributed by atoms with Crippen LogP contribution in [-0.2, 0) is 4.79 Å². The lowest BCUT2D eigenvalue weighted by Crippen LogP contribution is -2.07. The van der Waals surface area contributed by atoms with Crippen molar-refractivity contribution in [2.45, 2.75) is 6.92 Å². The second kappa shape index (κ2) is 8.01. The van der Waals surface area contributed by atoms with E-state index in [1.165, 1.54) is 18.2 Å². The summed E-state index contributed by atoms with van der Waals surface area (Å²) in [6.07, 6.45) is 6.10. The molecule has 0 saturated carbocycles. The van der Waals surface area contributed by atoms with Crippen LogP contribution in [0, 0.1) is 17.0 Å². The van der Waals surface area contributed by atoms with E-state index in [-0.39, 0.29) is 11.6 Å². The largest absolute Gasteiger partial charge is 0.323 e. The smallest absolute Gasteiger partial charge is 0.270 e. The van der Waals surface area contributed by atoms with Crippen LogP contribution in [0.5, 0.6) is 0 Å². The molecule has 0 aliphatic heterocycles. The Hall–Kier alpha value is -3.87. The van der Waals surface area contributed by atoms with Crippen molar-refractivity contribution in [1.82, 2.24) is 9.97 Å². The summed E-state index contributed by atoms with van der Waals surface area (Å²) in [5.41, 5.74) is 2.96. The number of carbonyl (C=O) groups is 1. The minimum Gasteiger partial charge on any atom is -0.323 e. The van der Waals surface area contributed by atoms with Gasteiger partial charge in [-0.25, -0.2) is 9.97 Å². The molecule has 0 spiro atoms. The van der Waals surface area contributed by atoms with Crippen molar-refractivity contribution < 1.29 is 9.72 Å². The molecule has 0 unspecified atom stereocenters. The van der Waals surface area contributed by atoms with E-state index in [0.717, 1.165) is 11.3 Å². The Balaban J connectivity index is 1.68. The standard InChI is InChI=1S/C20H16N4O3/c1-14-4-2-6-17(10-14)23-19(25)9-8-15-12-21-20(22-13-15)16-5-3-7-18(11-16)24(26)27/h2-13H,1H3,(H,23,25)/b9-8+. The monoisotopic (exact) mass is 360 g/mol. The fraction of sp³-hybridized carbons (Fsp3) is 0.0500. The number of nitro benzene ring substituents is 1. The number of aryl methyl sites for hydroxylation is 1. The van der Waals surface area contributed by atoms with Crippen molar-refractivity contribution in [3.05, 3.63) is 88.2 Å². The number of nitrogens with zero attached hydrogens (tertiary/aromatic N) is 3. The lowest BCUT2D eigenvalue weighted by Gasteiger charge is -2.03. The predicted octanol–water partition coefficient (Wildman–Crippen LogP) is 4.01. The molecule has 3 rings (SSSR count). The molecule has 0 fully saturated rings. The Morgan fingerprint density at radius 2 is 1.85 bits per heavy atom. The summed E-state index contributed by atoms with van der Waals surface area (Å²) in [5.74, 6) is 0.114. The molecule has 2 aromatic carbocycles. The Labute approximate surface area is 155 Å². The van der Waals surface area contributed by atoms with Crippen LogP contribution in [0.3, 0.4) is 0 Å².